The number of fused-ring (bicyclic) bond motifs is 1. The molecule has 0 radical (unpaired) electrons. The van der Waals surface area contributed by atoms with Crippen molar-refractivity contribution in [3.8, 4) is 23.0 Å². The molecule has 0 aliphatic carbocycles. The van der Waals surface area contributed by atoms with Crippen LogP contribution in [-0.2, 0) is 16.0 Å². The van der Waals surface area contributed by atoms with E-state index in [1.54, 1.807) is 20.4 Å². The fraction of sp³-hybridized carbons (Fsp3) is 0.320. The van der Waals surface area contributed by atoms with Gasteiger partial charge in [0.25, 0.3) is 0 Å². The SMILES string of the molecule is CCOCCC(=O)CC(=S)Cc1ccc(Oc2ccnc3cc(OC)c(OC)cc23)cc1. The number of Topliss-reactive ketones (excluding diaryl/α,β-unsaturated/α-hetero) is 1. The van der Waals surface area contributed by atoms with Crippen molar-refractivity contribution in [3.05, 3.63) is 54.2 Å². The topological polar surface area (TPSA) is 66.9 Å². The lowest BCUT2D eigenvalue weighted by molar-refractivity contribution is -0.118. The van der Waals surface area contributed by atoms with Crippen LogP contribution in [0.5, 0.6) is 23.0 Å². The van der Waals surface area contributed by atoms with Gasteiger partial charge >= 0.3 is 0 Å². The summed E-state index contributed by atoms with van der Waals surface area (Å²) >= 11 is 5.40. The van der Waals surface area contributed by atoms with Crippen molar-refractivity contribution < 1.29 is 23.7 Å². The van der Waals surface area contributed by atoms with Gasteiger partial charge in [0.05, 0.1) is 26.3 Å². The van der Waals surface area contributed by atoms with Crippen molar-refractivity contribution in [1.82, 2.24) is 4.98 Å². The standard InChI is InChI=1S/C25H27NO5S/c1-4-30-12-10-18(27)14-20(32)13-17-5-7-19(8-6-17)31-23-9-11-26-22-16-25(29-3)24(28-2)15-21(22)23/h5-9,11,15-16H,4,10,12-14H2,1-3H3. The molecule has 168 valence electrons. The molecule has 0 atom stereocenters. The summed E-state index contributed by atoms with van der Waals surface area (Å²) in [5.41, 5.74) is 1.78. The predicted molar refractivity (Wildman–Crippen MR) is 128 cm³/mol. The summed E-state index contributed by atoms with van der Waals surface area (Å²) in [4.78, 5) is 17.1. The van der Waals surface area contributed by atoms with Crippen LogP contribution >= 0.6 is 12.2 Å². The number of aromatic nitrogens is 1. The summed E-state index contributed by atoms with van der Waals surface area (Å²) in [6, 6.07) is 13.2. The summed E-state index contributed by atoms with van der Waals surface area (Å²) < 4.78 is 22.1. The van der Waals surface area contributed by atoms with Crippen LogP contribution in [0.1, 0.15) is 25.3 Å². The number of pyridine rings is 1. The van der Waals surface area contributed by atoms with Crippen LogP contribution in [0.15, 0.2) is 48.7 Å². The van der Waals surface area contributed by atoms with Crippen LogP contribution in [-0.4, -0.2) is 43.1 Å². The number of ether oxygens (including phenoxy) is 4. The van der Waals surface area contributed by atoms with E-state index in [1.165, 1.54) is 0 Å². The minimum atomic E-state index is 0.111. The Labute approximate surface area is 193 Å². The highest BCUT2D eigenvalue weighted by molar-refractivity contribution is 7.80. The van der Waals surface area contributed by atoms with E-state index in [1.807, 2.05) is 49.4 Å². The van der Waals surface area contributed by atoms with Crippen LogP contribution in [0.2, 0.25) is 0 Å². The molecule has 0 N–H and O–H groups in total. The van der Waals surface area contributed by atoms with Crippen molar-refractivity contribution in [1.29, 1.82) is 0 Å². The molecule has 0 fully saturated rings. The number of hydrogen-bond acceptors (Lipinski definition) is 7. The van der Waals surface area contributed by atoms with Gasteiger partial charge in [-0.3, -0.25) is 9.78 Å². The maximum Gasteiger partial charge on any atom is 0.162 e. The zero-order valence-electron chi connectivity index (χ0n) is 18.6. The number of nitrogens with zero attached hydrogens (tertiary/aromatic N) is 1. The van der Waals surface area contributed by atoms with Crippen LogP contribution in [0.4, 0.5) is 0 Å². The second kappa shape index (κ2) is 11.5. The lowest BCUT2D eigenvalue weighted by atomic mass is 10.1. The molecule has 2 aromatic carbocycles. The first kappa shape index (κ1) is 23.6. The van der Waals surface area contributed by atoms with Crippen molar-refractivity contribution in [2.24, 2.45) is 0 Å². The van der Waals surface area contributed by atoms with E-state index in [0.717, 1.165) is 21.3 Å². The Morgan fingerprint density at radius 2 is 1.72 bits per heavy atom. The van der Waals surface area contributed by atoms with Gasteiger partial charge in [-0.2, -0.15) is 0 Å². The van der Waals surface area contributed by atoms with Crippen molar-refractivity contribution in [2.75, 3.05) is 27.4 Å². The number of ketones is 1. The molecule has 0 bridgehead atoms. The molecule has 3 rings (SSSR count). The number of thiocarbonyl (C=S) groups is 1. The van der Waals surface area contributed by atoms with Crippen LogP contribution in [0.3, 0.4) is 0 Å². The lowest BCUT2D eigenvalue weighted by Gasteiger charge is -2.12. The third-order valence-corrected chi connectivity index (χ3v) is 5.17. The Hall–Kier alpha value is -3.03. The Morgan fingerprint density at radius 1 is 1.00 bits per heavy atom. The molecule has 0 aliphatic heterocycles. The number of methoxy groups -OCH3 is 2. The van der Waals surface area contributed by atoms with Gasteiger partial charge in [0.15, 0.2) is 11.5 Å². The summed E-state index contributed by atoms with van der Waals surface area (Å²) in [5.74, 6) is 2.69. The Bertz CT molecular complexity index is 1080. The minimum Gasteiger partial charge on any atom is -0.493 e. The first-order valence-corrected chi connectivity index (χ1v) is 10.8. The zero-order valence-corrected chi connectivity index (χ0v) is 19.4. The van der Waals surface area contributed by atoms with E-state index in [0.29, 0.717) is 55.5 Å². The van der Waals surface area contributed by atoms with Gasteiger partial charge in [-0.1, -0.05) is 24.4 Å². The van der Waals surface area contributed by atoms with E-state index < -0.39 is 0 Å². The Balaban J connectivity index is 1.66. The van der Waals surface area contributed by atoms with E-state index in [2.05, 4.69) is 4.98 Å². The van der Waals surface area contributed by atoms with Gasteiger partial charge in [-0.15, -0.1) is 0 Å². The molecular formula is C25H27NO5S. The van der Waals surface area contributed by atoms with Gasteiger partial charge in [0.2, 0.25) is 0 Å². The fourth-order valence-corrected chi connectivity index (χ4v) is 3.60. The highest BCUT2D eigenvalue weighted by Crippen LogP contribution is 2.36. The highest BCUT2D eigenvalue weighted by atomic mass is 32.1. The quantitative estimate of drug-likeness (QED) is 0.271. The van der Waals surface area contributed by atoms with Crippen molar-refractivity contribution in [2.45, 2.75) is 26.2 Å². The summed E-state index contributed by atoms with van der Waals surface area (Å²) in [6.45, 7) is 2.98. The third-order valence-electron chi connectivity index (χ3n) is 4.88. The first-order chi connectivity index (χ1) is 15.5. The largest absolute Gasteiger partial charge is 0.493 e. The third kappa shape index (κ3) is 6.24. The molecule has 0 spiro atoms. The molecule has 0 unspecified atom stereocenters. The smallest absolute Gasteiger partial charge is 0.162 e. The predicted octanol–water partition coefficient (Wildman–Crippen LogP) is 5.34. The van der Waals surface area contributed by atoms with Crippen LogP contribution in [0.25, 0.3) is 10.9 Å². The van der Waals surface area contributed by atoms with Gasteiger partial charge in [-0.25, -0.2) is 0 Å². The number of benzene rings is 2. The van der Waals surface area contributed by atoms with Crippen LogP contribution in [0, 0.1) is 0 Å². The minimum absolute atomic E-state index is 0.111. The summed E-state index contributed by atoms with van der Waals surface area (Å²) in [7, 11) is 3.18. The molecule has 7 heteroatoms. The summed E-state index contributed by atoms with van der Waals surface area (Å²) in [6.07, 6.45) is 2.97. The monoisotopic (exact) mass is 453 g/mol. The molecule has 1 heterocycles. The number of carbonyl (C=O) groups excluding carboxylic acids is 1. The Morgan fingerprint density at radius 3 is 2.41 bits per heavy atom. The Kier molecular flexibility index (Phi) is 8.53. The molecule has 0 saturated carbocycles. The normalized spacial score (nSPS) is 10.7. The number of carbonyl (C=O) groups is 1. The van der Waals surface area contributed by atoms with Crippen molar-refractivity contribution in [3.63, 3.8) is 0 Å². The number of hydrogen-bond donors (Lipinski definition) is 0. The van der Waals surface area contributed by atoms with Gasteiger partial charge in [0.1, 0.15) is 17.3 Å². The fourth-order valence-electron chi connectivity index (χ4n) is 3.27. The maximum atomic E-state index is 12.0. The molecule has 32 heavy (non-hydrogen) atoms. The first-order valence-electron chi connectivity index (χ1n) is 10.4. The second-order valence-corrected chi connectivity index (χ2v) is 7.73. The van der Waals surface area contributed by atoms with E-state index >= 15 is 0 Å². The van der Waals surface area contributed by atoms with Crippen molar-refractivity contribution >= 4 is 33.8 Å². The molecule has 6 nitrogen and oxygen atoms in total. The van der Waals surface area contributed by atoms with E-state index in [-0.39, 0.29) is 5.78 Å². The molecule has 0 saturated heterocycles. The van der Waals surface area contributed by atoms with Gasteiger partial charge in [0, 0.05) is 48.4 Å². The average molecular weight is 454 g/mol. The molecule has 3 aromatic rings. The summed E-state index contributed by atoms with van der Waals surface area (Å²) in [5, 5.41) is 0.820. The van der Waals surface area contributed by atoms with E-state index in [4.69, 9.17) is 31.2 Å². The van der Waals surface area contributed by atoms with E-state index in [9.17, 15) is 4.79 Å². The van der Waals surface area contributed by atoms with Crippen LogP contribution < -0.4 is 14.2 Å². The molecule has 0 aliphatic rings. The molecule has 1 aromatic heterocycles. The molecule has 0 amide bonds. The highest BCUT2D eigenvalue weighted by Gasteiger charge is 2.12. The van der Waals surface area contributed by atoms with Gasteiger partial charge in [-0.05, 0) is 36.8 Å². The number of rotatable bonds is 12. The zero-order chi connectivity index (χ0) is 22.9. The molecular weight excluding hydrogens is 426 g/mol. The average Bonchev–Trinajstić information content (AvgIpc) is 2.79. The lowest BCUT2D eigenvalue weighted by Crippen LogP contribution is -2.10. The second-order valence-electron chi connectivity index (χ2n) is 7.16. The van der Waals surface area contributed by atoms with Gasteiger partial charge < -0.3 is 18.9 Å². The maximum absolute atomic E-state index is 12.0.